The second-order valence-electron chi connectivity index (χ2n) is 7.55. The van der Waals surface area contributed by atoms with E-state index in [0.717, 1.165) is 28.0 Å². The standard InChI is InChI=1S/C24H25N5OS/c1-16(19-10-6-4-7-11-19)14-25-21(30)15-31-24-23-22(17(2)26-27-24)18(3)29(28-23)20-12-8-5-9-13-20/h4-13,16H,14-15H2,1-3H3,(H,25,30)/t16-/m1/s1. The molecule has 0 bridgehead atoms. The van der Waals surface area contributed by atoms with E-state index in [0.29, 0.717) is 11.6 Å². The van der Waals surface area contributed by atoms with Gasteiger partial charge in [-0.15, -0.1) is 5.10 Å². The first-order valence-corrected chi connectivity index (χ1v) is 11.3. The molecule has 0 aliphatic rings. The molecular formula is C24H25N5OS. The molecule has 2 aromatic heterocycles. The summed E-state index contributed by atoms with van der Waals surface area (Å²) in [7, 11) is 0. The molecule has 0 saturated carbocycles. The number of nitrogens with zero attached hydrogens (tertiary/aromatic N) is 4. The highest BCUT2D eigenvalue weighted by Gasteiger charge is 2.18. The van der Waals surface area contributed by atoms with Crippen molar-refractivity contribution < 1.29 is 4.79 Å². The van der Waals surface area contributed by atoms with Crippen LogP contribution in [-0.2, 0) is 4.79 Å². The van der Waals surface area contributed by atoms with Gasteiger partial charge in [0.1, 0.15) is 10.5 Å². The Hall–Kier alpha value is -3.19. The first kappa shape index (κ1) is 21.1. The van der Waals surface area contributed by atoms with Crippen molar-refractivity contribution >= 4 is 28.6 Å². The summed E-state index contributed by atoms with van der Waals surface area (Å²) in [5.74, 6) is 0.499. The van der Waals surface area contributed by atoms with Crippen LogP contribution in [0.5, 0.6) is 0 Å². The Morgan fingerprint density at radius 2 is 1.71 bits per heavy atom. The van der Waals surface area contributed by atoms with Crippen LogP contribution in [0.2, 0.25) is 0 Å². The molecule has 1 amide bonds. The Balaban J connectivity index is 1.47. The number of aryl methyl sites for hydroxylation is 2. The molecule has 2 heterocycles. The second-order valence-corrected chi connectivity index (χ2v) is 8.52. The highest BCUT2D eigenvalue weighted by Crippen LogP contribution is 2.29. The lowest BCUT2D eigenvalue weighted by molar-refractivity contribution is -0.118. The number of para-hydroxylation sites is 1. The summed E-state index contributed by atoms with van der Waals surface area (Å²) in [5, 5.41) is 18.1. The molecule has 4 rings (SSSR count). The highest BCUT2D eigenvalue weighted by atomic mass is 32.2. The fourth-order valence-corrected chi connectivity index (χ4v) is 4.32. The van der Waals surface area contributed by atoms with E-state index in [2.05, 4.69) is 34.6 Å². The minimum absolute atomic E-state index is 0.0254. The van der Waals surface area contributed by atoms with Crippen molar-refractivity contribution in [2.75, 3.05) is 12.3 Å². The van der Waals surface area contributed by atoms with Gasteiger partial charge in [0.2, 0.25) is 5.91 Å². The molecule has 0 fully saturated rings. The number of thioether (sulfide) groups is 1. The largest absolute Gasteiger partial charge is 0.355 e. The molecule has 0 aliphatic heterocycles. The lowest BCUT2D eigenvalue weighted by Crippen LogP contribution is -2.29. The van der Waals surface area contributed by atoms with Crippen LogP contribution >= 0.6 is 11.8 Å². The zero-order chi connectivity index (χ0) is 21.8. The first-order valence-electron chi connectivity index (χ1n) is 10.3. The zero-order valence-electron chi connectivity index (χ0n) is 17.9. The Morgan fingerprint density at radius 1 is 1.03 bits per heavy atom. The van der Waals surface area contributed by atoms with Gasteiger partial charge >= 0.3 is 0 Å². The van der Waals surface area contributed by atoms with Crippen molar-refractivity contribution in [3.8, 4) is 5.69 Å². The van der Waals surface area contributed by atoms with Gasteiger partial charge in [0.15, 0.2) is 0 Å². The second kappa shape index (κ2) is 9.31. The van der Waals surface area contributed by atoms with E-state index in [4.69, 9.17) is 5.10 Å². The van der Waals surface area contributed by atoms with Gasteiger partial charge in [-0.2, -0.15) is 10.2 Å². The number of amides is 1. The number of rotatable bonds is 7. The minimum atomic E-state index is -0.0254. The number of fused-ring (bicyclic) bond motifs is 1. The maximum Gasteiger partial charge on any atom is 0.230 e. The van der Waals surface area contributed by atoms with Crippen LogP contribution in [0.1, 0.15) is 29.8 Å². The van der Waals surface area contributed by atoms with Crippen LogP contribution in [0.15, 0.2) is 65.7 Å². The summed E-state index contributed by atoms with van der Waals surface area (Å²) in [6, 6.07) is 20.2. The van der Waals surface area contributed by atoms with Gasteiger partial charge in [-0.1, -0.05) is 67.2 Å². The van der Waals surface area contributed by atoms with E-state index in [-0.39, 0.29) is 17.6 Å². The quantitative estimate of drug-likeness (QED) is 0.438. The third-order valence-corrected chi connectivity index (χ3v) is 6.24. The monoisotopic (exact) mass is 431 g/mol. The highest BCUT2D eigenvalue weighted by molar-refractivity contribution is 8.00. The molecule has 1 N–H and O–H groups in total. The van der Waals surface area contributed by atoms with E-state index >= 15 is 0 Å². The van der Waals surface area contributed by atoms with E-state index in [1.807, 2.05) is 67.1 Å². The summed E-state index contributed by atoms with van der Waals surface area (Å²) >= 11 is 1.37. The average Bonchev–Trinajstić information content (AvgIpc) is 3.16. The van der Waals surface area contributed by atoms with Crippen LogP contribution in [0.4, 0.5) is 0 Å². The van der Waals surface area contributed by atoms with E-state index in [9.17, 15) is 4.79 Å². The van der Waals surface area contributed by atoms with Crippen LogP contribution in [0.25, 0.3) is 16.6 Å². The minimum Gasteiger partial charge on any atom is -0.355 e. The first-order chi connectivity index (χ1) is 15.0. The number of hydrogen-bond donors (Lipinski definition) is 1. The number of hydrogen-bond acceptors (Lipinski definition) is 5. The summed E-state index contributed by atoms with van der Waals surface area (Å²) in [5.41, 5.74) is 4.82. The van der Waals surface area contributed by atoms with Crippen LogP contribution in [0.3, 0.4) is 0 Å². The van der Waals surface area contributed by atoms with Crippen LogP contribution in [0, 0.1) is 13.8 Å². The van der Waals surface area contributed by atoms with Crippen molar-refractivity contribution in [1.82, 2.24) is 25.3 Å². The third kappa shape index (κ3) is 4.61. The van der Waals surface area contributed by atoms with Crippen LogP contribution in [-0.4, -0.2) is 38.2 Å². The summed E-state index contributed by atoms with van der Waals surface area (Å²) < 4.78 is 1.91. The maximum atomic E-state index is 12.4. The Bertz CT molecular complexity index is 1190. The van der Waals surface area contributed by atoms with Gasteiger partial charge in [0.05, 0.1) is 22.8 Å². The smallest absolute Gasteiger partial charge is 0.230 e. The molecule has 1 atom stereocenters. The van der Waals surface area contributed by atoms with Crippen molar-refractivity contribution in [3.05, 3.63) is 77.6 Å². The van der Waals surface area contributed by atoms with Gasteiger partial charge in [-0.05, 0) is 37.5 Å². The normalized spacial score (nSPS) is 12.1. The predicted molar refractivity (Wildman–Crippen MR) is 125 cm³/mol. The molecule has 0 radical (unpaired) electrons. The lowest BCUT2D eigenvalue weighted by atomic mass is 10.0. The molecule has 0 unspecified atom stereocenters. The van der Waals surface area contributed by atoms with Crippen molar-refractivity contribution in [3.63, 3.8) is 0 Å². The molecule has 31 heavy (non-hydrogen) atoms. The van der Waals surface area contributed by atoms with Gasteiger partial charge in [0.25, 0.3) is 0 Å². The molecule has 2 aromatic carbocycles. The predicted octanol–water partition coefficient (Wildman–Crippen LogP) is 4.44. The van der Waals surface area contributed by atoms with Gasteiger partial charge < -0.3 is 5.32 Å². The van der Waals surface area contributed by atoms with Gasteiger partial charge in [-0.25, -0.2) is 4.68 Å². The molecule has 0 saturated heterocycles. The molecule has 6 nitrogen and oxygen atoms in total. The summed E-state index contributed by atoms with van der Waals surface area (Å²) in [6.07, 6.45) is 0. The lowest BCUT2D eigenvalue weighted by Gasteiger charge is -2.12. The van der Waals surface area contributed by atoms with E-state index < -0.39 is 0 Å². The molecule has 0 aliphatic carbocycles. The fourth-order valence-electron chi connectivity index (χ4n) is 3.57. The zero-order valence-corrected chi connectivity index (χ0v) is 18.7. The molecule has 158 valence electrons. The van der Waals surface area contributed by atoms with Crippen molar-refractivity contribution in [1.29, 1.82) is 0 Å². The average molecular weight is 432 g/mol. The van der Waals surface area contributed by atoms with Crippen molar-refractivity contribution in [2.45, 2.75) is 31.7 Å². The molecule has 7 heteroatoms. The number of benzene rings is 2. The third-order valence-electron chi connectivity index (χ3n) is 5.29. The SMILES string of the molecule is Cc1nnc(SCC(=O)NC[C@@H](C)c2ccccc2)c2nn(-c3ccccc3)c(C)c12. The number of nitrogens with one attached hydrogen (secondary N) is 1. The molecule has 0 spiro atoms. The molecule has 4 aromatic rings. The summed E-state index contributed by atoms with van der Waals surface area (Å²) in [4.78, 5) is 12.4. The Labute approximate surface area is 186 Å². The van der Waals surface area contributed by atoms with Crippen LogP contribution < -0.4 is 5.32 Å². The summed E-state index contributed by atoms with van der Waals surface area (Å²) in [6.45, 7) is 6.67. The Kier molecular flexibility index (Phi) is 6.32. The number of carbonyl (C=O) groups excluding carboxylic acids is 1. The van der Waals surface area contributed by atoms with E-state index in [1.165, 1.54) is 17.3 Å². The van der Waals surface area contributed by atoms with Crippen molar-refractivity contribution in [2.24, 2.45) is 0 Å². The van der Waals surface area contributed by atoms with Gasteiger partial charge in [-0.3, -0.25) is 4.79 Å². The number of aromatic nitrogens is 4. The van der Waals surface area contributed by atoms with E-state index in [1.54, 1.807) is 0 Å². The molecular weight excluding hydrogens is 406 g/mol. The van der Waals surface area contributed by atoms with Gasteiger partial charge in [0, 0.05) is 11.9 Å². The number of carbonyl (C=O) groups is 1. The Morgan fingerprint density at radius 3 is 2.42 bits per heavy atom. The maximum absolute atomic E-state index is 12.4. The fraction of sp³-hybridized carbons (Fsp3) is 0.250. The topological polar surface area (TPSA) is 72.7 Å².